The summed E-state index contributed by atoms with van der Waals surface area (Å²) in [6, 6.07) is 7.27. The highest BCUT2D eigenvalue weighted by Gasteiger charge is 2.45. The lowest BCUT2D eigenvalue weighted by molar-refractivity contribution is -0.144. The summed E-state index contributed by atoms with van der Waals surface area (Å²) in [6.07, 6.45) is -0.171. The van der Waals surface area contributed by atoms with Crippen LogP contribution in [0.25, 0.3) is 21.7 Å². The van der Waals surface area contributed by atoms with Crippen molar-refractivity contribution in [3.63, 3.8) is 0 Å². The Hall–Kier alpha value is -5.57. The first-order valence-corrected chi connectivity index (χ1v) is 24.3. The molecule has 4 N–H and O–H groups in total. The van der Waals surface area contributed by atoms with Crippen molar-refractivity contribution in [2.24, 2.45) is 5.41 Å². The minimum atomic E-state index is -1.24. The predicted molar refractivity (Wildman–Crippen MR) is 249 cm³/mol. The fourth-order valence-corrected chi connectivity index (χ4v) is 10.2. The molecule has 7 rings (SSSR count). The van der Waals surface area contributed by atoms with Gasteiger partial charge in [0.25, 0.3) is 5.91 Å². The van der Waals surface area contributed by atoms with Gasteiger partial charge in [0, 0.05) is 69.0 Å². The van der Waals surface area contributed by atoms with Crippen molar-refractivity contribution in [3.05, 3.63) is 70.2 Å². The molecule has 1 unspecified atom stereocenters. The minimum Gasteiger partial charge on any atom is -0.480 e. The maximum absolute atomic E-state index is 15.1. The van der Waals surface area contributed by atoms with Gasteiger partial charge in [-0.05, 0) is 55.4 Å². The van der Waals surface area contributed by atoms with Crippen molar-refractivity contribution < 1.29 is 47.3 Å². The van der Waals surface area contributed by atoms with Crippen LogP contribution in [0.5, 0.6) is 5.75 Å². The van der Waals surface area contributed by atoms with Crippen LogP contribution in [0.2, 0.25) is 0 Å². The first kappa shape index (κ1) is 49.3. The summed E-state index contributed by atoms with van der Waals surface area (Å²) in [7, 11) is 0. The van der Waals surface area contributed by atoms with E-state index in [1.807, 2.05) is 43.0 Å². The van der Waals surface area contributed by atoms with Crippen LogP contribution in [-0.2, 0) is 28.7 Å². The first-order valence-electron chi connectivity index (χ1n) is 22.5. The third-order valence-corrected chi connectivity index (χ3v) is 14.1. The van der Waals surface area contributed by atoms with E-state index in [0.717, 1.165) is 27.8 Å². The van der Waals surface area contributed by atoms with Crippen LogP contribution in [0.4, 0.5) is 13.9 Å². The second kappa shape index (κ2) is 21.6. The number of halogens is 2. The number of aryl methyl sites for hydroxylation is 1. The molecule has 0 bridgehead atoms. The summed E-state index contributed by atoms with van der Waals surface area (Å²) in [5, 5.41) is 21.7. The highest BCUT2D eigenvalue weighted by Crippen LogP contribution is 2.37. The number of rotatable bonds is 15. The van der Waals surface area contributed by atoms with Gasteiger partial charge in [-0.2, -0.15) is 4.39 Å². The highest BCUT2D eigenvalue weighted by molar-refractivity contribution is 7.14. The van der Waals surface area contributed by atoms with Crippen molar-refractivity contribution in [2.75, 3.05) is 57.4 Å². The predicted octanol–water partition coefficient (Wildman–Crippen LogP) is 4.99. The number of β-amino-alcohol motifs (C(OH)–C–C–N with tert-alkyl or cyclic N) is 1. The van der Waals surface area contributed by atoms with Crippen molar-refractivity contribution >= 4 is 57.3 Å². The molecule has 2 aromatic heterocycles. The van der Waals surface area contributed by atoms with E-state index in [2.05, 4.69) is 25.9 Å². The number of aliphatic hydroxyl groups is 1. The van der Waals surface area contributed by atoms with Crippen LogP contribution in [0.1, 0.15) is 77.1 Å². The van der Waals surface area contributed by atoms with E-state index >= 15 is 4.39 Å². The lowest BCUT2D eigenvalue weighted by atomic mass is 9.85. The first-order chi connectivity index (χ1) is 32.0. The molecule has 0 spiro atoms. The molecule has 0 radical (unpaired) electrons. The Morgan fingerprint density at radius 2 is 1.72 bits per heavy atom. The summed E-state index contributed by atoms with van der Waals surface area (Å²) in [5.74, 6) is -5.20. The maximum atomic E-state index is 15.1. The topological polar surface area (TPSA) is 196 Å². The number of amides is 5. The molecular weight excluding hydrogens is 907 g/mol. The van der Waals surface area contributed by atoms with Gasteiger partial charge in [0.2, 0.25) is 29.4 Å². The van der Waals surface area contributed by atoms with Gasteiger partial charge in [-0.3, -0.25) is 24.0 Å². The Morgan fingerprint density at radius 1 is 0.970 bits per heavy atom. The third-order valence-electron chi connectivity index (χ3n) is 12.2. The van der Waals surface area contributed by atoms with E-state index in [9.17, 15) is 33.5 Å². The molecule has 3 aliphatic heterocycles. The number of piperidine rings is 1. The summed E-state index contributed by atoms with van der Waals surface area (Å²) in [4.78, 5) is 82.7. The molecule has 4 aromatic rings. The Morgan fingerprint density at radius 3 is 2.42 bits per heavy atom. The number of aliphatic hydroxyl groups excluding tert-OH is 1. The number of benzene rings is 2. The number of carbonyl (C=O) groups is 5. The summed E-state index contributed by atoms with van der Waals surface area (Å²) in [5.41, 5.74) is 4.40. The molecular formula is C47H58F2N8O8S2. The average molecular weight is 965 g/mol. The fraction of sp³-hybridized carbons (Fsp3) is 0.511. The highest BCUT2D eigenvalue weighted by atomic mass is 32.1. The molecule has 5 heterocycles. The zero-order valence-electron chi connectivity index (χ0n) is 38.3. The SMILES string of the molecule is Cc1ncsc1-c1ccc([C@H](C)NC(=O)[C@@H]2C[C@@H](O)CN2C(=O)[C@@H](NC(=O)CCC(=O)N2CCCC(NC(=O)COc3c(-c4csc(N5CCOCC5)n4)ccc(F)c3F)C2)C(C)(C)C)cc1. The largest absolute Gasteiger partial charge is 0.480 e. The van der Waals surface area contributed by atoms with E-state index in [-0.39, 0.29) is 43.8 Å². The number of anilines is 1. The maximum Gasteiger partial charge on any atom is 0.258 e. The lowest BCUT2D eigenvalue weighted by Crippen LogP contribution is -2.58. The Balaban J connectivity index is 0.892. The molecule has 360 valence electrons. The van der Waals surface area contributed by atoms with Crippen molar-refractivity contribution in [2.45, 2.75) is 97.0 Å². The average Bonchev–Trinajstić information content (AvgIpc) is 4.08. The van der Waals surface area contributed by atoms with Gasteiger partial charge in [0.15, 0.2) is 23.3 Å². The molecule has 3 fully saturated rings. The molecule has 0 aliphatic carbocycles. The summed E-state index contributed by atoms with van der Waals surface area (Å²) >= 11 is 2.90. The van der Waals surface area contributed by atoms with E-state index in [4.69, 9.17) is 9.47 Å². The normalized spacial score (nSPS) is 19.7. The molecule has 0 saturated carbocycles. The van der Waals surface area contributed by atoms with Crippen LogP contribution in [-0.4, -0.2) is 131 Å². The molecule has 5 atom stereocenters. The minimum absolute atomic E-state index is 0.0357. The van der Waals surface area contributed by atoms with Crippen LogP contribution in [0.3, 0.4) is 0 Å². The number of aromatic nitrogens is 2. The molecule has 67 heavy (non-hydrogen) atoms. The zero-order valence-corrected chi connectivity index (χ0v) is 39.9. The number of carbonyl (C=O) groups excluding carboxylic acids is 5. The van der Waals surface area contributed by atoms with E-state index in [0.29, 0.717) is 56.5 Å². The summed E-state index contributed by atoms with van der Waals surface area (Å²) in [6.45, 7) is 11.4. The molecule has 16 nitrogen and oxygen atoms in total. The molecule has 5 amide bonds. The second-order valence-electron chi connectivity index (χ2n) is 18.3. The number of ether oxygens (including phenoxy) is 2. The number of likely N-dealkylation sites (tertiary alicyclic amines) is 2. The van der Waals surface area contributed by atoms with Crippen LogP contribution in [0, 0.1) is 24.0 Å². The molecule has 3 aliphatic rings. The van der Waals surface area contributed by atoms with Crippen molar-refractivity contribution in [1.82, 2.24) is 35.7 Å². The van der Waals surface area contributed by atoms with Gasteiger partial charge in [-0.1, -0.05) is 45.0 Å². The van der Waals surface area contributed by atoms with Gasteiger partial charge in [0.05, 0.1) is 47.1 Å². The smallest absolute Gasteiger partial charge is 0.258 e. The van der Waals surface area contributed by atoms with Gasteiger partial charge in [0.1, 0.15) is 12.1 Å². The number of hydrogen-bond donors (Lipinski definition) is 4. The number of morpholine rings is 1. The molecule has 20 heteroatoms. The summed E-state index contributed by atoms with van der Waals surface area (Å²) < 4.78 is 40.5. The fourth-order valence-electron chi connectivity index (χ4n) is 8.52. The van der Waals surface area contributed by atoms with Gasteiger partial charge < -0.3 is 45.2 Å². The third kappa shape index (κ3) is 12.1. The van der Waals surface area contributed by atoms with E-state index < -0.39 is 83.3 Å². The van der Waals surface area contributed by atoms with Crippen LogP contribution in [0.15, 0.2) is 47.3 Å². The second-order valence-corrected chi connectivity index (χ2v) is 20.0. The van der Waals surface area contributed by atoms with Crippen LogP contribution >= 0.6 is 22.7 Å². The standard InChI is InChI=1S/C47H58F2N8O8S2/c1-27(29-8-10-30(11-9-29)42-28(2)50-26-67-42)51-44(62)36-21-32(58)23-57(36)45(63)43(47(3,4)5)54-37(59)14-15-39(61)56-16-6-7-31(22-56)52-38(60)24-65-41-33(12-13-34(48)40(41)49)35-25-66-46(53-35)55-17-19-64-20-18-55/h8-13,25-27,31-32,36,43,58H,6-7,14-24H2,1-5H3,(H,51,62)(H,52,60)(H,54,59)/t27-,31?,32+,36-,43+/m0/s1. The quantitative estimate of drug-likeness (QED) is 0.125. The Bertz CT molecular complexity index is 2420. The Labute approximate surface area is 396 Å². The lowest BCUT2D eigenvalue weighted by Gasteiger charge is -2.35. The Kier molecular flexibility index (Phi) is 15.9. The van der Waals surface area contributed by atoms with Gasteiger partial charge in [-0.15, -0.1) is 22.7 Å². The van der Waals surface area contributed by atoms with Crippen molar-refractivity contribution in [1.29, 1.82) is 0 Å². The zero-order chi connectivity index (χ0) is 48.0. The van der Waals surface area contributed by atoms with Crippen LogP contribution < -0.4 is 25.6 Å². The van der Waals surface area contributed by atoms with Crippen molar-refractivity contribution in [3.8, 4) is 27.4 Å². The molecule has 3 saturated heterocycles. The van der Waals surface area contributed by atoms with Gasteiger partial charge >= 0.3 is 0 Å². The van der Waals surface area contributed by atoms with Gasteiger partial charge in [-0.25, -0.2) is 14.4 Å². The number of nitrogens with one attached hydrogen (secondary N) is 3. The monoisotopic (exact) mass is 964 g/mol. The molecule has 2 aromatic carbocycles. The number of hydrogen-bond acceptors (Lipinski definition) is 13. The number of thiazole rings is 2. The number of nitrogens with zero attached hydrogens (tertiary/aromatic N) is 5. The van der Waals surface area contributed by atoms with E-state index in [1.165, 1.54) is 22.3 Å². The van der Waals surface area contributed by atoms with E-state index in [1.54, 1.807) is 47.9 Å².